The Labute approximate surface area is 141 Å². The van der Waals surface area contributed by atoms with Crippen LogP contribution < -0.4 is 10.6 Å². The van der Waals surface area contributed by atoms with Crippen LogP contribution in [0.5, 0.6) is 0 Å². The molecule has 5 nitrogen and oxygen atoms in total. The van der Waals surface area contributed by atoms with Crippen LogP contribution in [0, 0.1) is 17.8 Å². The van der Waals surface area contributed by atoms with Crippen molar-refractivity contribution in [2.45, 2.75) is 25.6 Å². The van der Waals surface area contributed by atoms with E-state index in [1.54, 1.807) is 13.8 Å². The molecular weight excluding hydrogens is 335 g/mol. The second kappa shape index (κ2) is 5.20. The number of carbonyl (C=O) groups excluding carboxylic acids is 1. The molecule has 1 saturated heterocycles. The van der Waals surface area contributed by atoms with E-state index in [2.05, 4.69) is 15.8 Å². The number of halogens is 3. The Morgan fingerprint density at radius 3 is 2.60 bits per heavy atom. The van der Waals surface area contributed by atoms with Gasteiger partial charge >= 0.3 is 6.18 Å². The van der Waals surface area contributed by atoms with Crippen molar-refractivity contribution < 1.29 is 22.5 Å². The maximum Gasteiger partial charge on any atom is 0.420 e. The molecule has 3 atom stereocenters. The Bertz CT molecular complexity index is 833. The summed E-state index contributed by atoms with van der Waals surface area (Å²) < 4.78 is 44.3. The van der Waals surface area contributed by atoms with Crippen LogP contribution in [-0.2, 0) is 16.5 Å². The summed E-state index contributed by atoms with van der Waals surface area (Å²) in [6, 6.07) is 3.81. The highest BCUT2D eigenvalue weighted by atomic mass is 19.4. The molecule has 0 spiro atoms. The van der Waals surface area contributed by atoms with E-state index in [4.69, 9.17) is 4.52 Å². The maximum absolute atomic E-state index is 13.1. The Morgan fingerprint density at radius 2 is 1.96 bits per heavy atom. The highest BCUT2D eigenvalue weighted by Gasteiger charge is 2.57. The number of rotatable bonds is 3. The smallest absolute Gasteiger partial charge is 0.355 e. The van der Waals surface area contributed by atoms with Crippen LogP contribution in [0.4, 0.5) is 13.2 Å². The predicted molar refractivity (Wildman–Crippen MR) is 83.5 cm³/mol. The molecule has 1 aromatic heterocycles. The molecule has 4 rings (SSSR count). The van der Waals surface area contributed by atoms with Gasteiger partial charge < -0.3 is 15.2 Å². The number of hydrogen-bond donors (Lipinski definition) is 2. The third-order valence-corrected chi connectivity index (χ3v) is 5.23. The monoisotopic (exact) mass is 353 g/mol. The van der Waals surface area contributed by atoms with Gasteiger partial charge in [0.15, 0.2) is 5.58 Å². The number of alkyl halides is 3. The molecule has 2 aromatic rings. The maximum atomic E-state index is 13.1. The molecule has 2 aliphatic rings. The van der Waals surface area contributed by atoms with E-state index in [-0.39, 0.29) is 22.8 Å². The first kappa shape index (κ1) is 16.4. The Kier molecular flexibility index (Phi) is 3.41. The van der Waals surface area contributed by atoms with E-state index in [9.17, 15) is 18.0 Å². The standard InChI is InChI=1S/C17H18F3N3O2/c1-16(2,22-15(24)12-9-6-21-7-10(9)12)14-8-4-3-5-11(17(18,19)20)13(8)25-23-14/h3-5,9-10,12,21H,6-7H2,1-2H3,(H,22,24)/t9-,10?,12?/m1/s1. The van der Waals surface area contributed by atoms with Crippen LogP contribution in [0.15, 0.2) is 22.7 Å². The molecular formula is C17H18F3N3O2. The quantitative estimate of drug-likeness (QED) is 0.890. The summed E-state index contributed by atoms with van der Waals surface area (Å²) in [5.74, 6) is 0.623. The SMILES string of the molecule is CC(C)(NC(=O)C1C2CNC[C@H]21)c1noc2c(C(F)(F)F)cccc12. The summed E-state index contributed by atoms with van der Waals surface area (Å²) >= 11 is 0. The lowest BCUT2D eigenvalue weighted by atomic mass is 9.95. The average Bonchev–Trinajstić information content (AvgIpc) is 2.89. The predicted octanol–water partition coefficient (Wildman–Crippen LogP) is 2.66. The summed E-state index contributed by atoms with van der Waals surface area (Å²) in [6.07, 6.45) is -4.53. The molecule has 0 bridgehead atoms. The largest absolute Gasteiger partial charge is 0.420 e. The van der Waals surface area contributed by atoms with Crippen LogP contribution in [0.25, 0.3) is 11.0 Å². The number of benzene rings is 1. The molecule has 2 fully saturated rings. The van der Waals surface area contributed by atoms with E-state index in [1.165, 1.54) is 12.1 Å². The molecule has 1 aliphatic heterocycles. The van der Waals surface area contributed by atoms with Crippen molar-refractivity contribution in [2.24, 2.45) is 17.8 Å². The second-order valence-corrected chi connectivity index (χ2v) is 7.34. The minimum atomic E-state index is -4.53. The van der Waals surface area contributed by atoms with Crippen molar-refractivity contribution in [3.63, 3.8) is 0 Å². The summed E-state index contributed by atoms with van der Waals surface area (Å²) in [5, 5.41) is 10.3. The van der Waals surface area contributed by atoms with Crippen LogP contribution >= 0.6 is 0 Å². The summed E-state index contributed by atoms with van der Waals surface area (Å²) in [6.45, 7) is 5.12. The molecule has 2 heterocycles. The van der Waals surface area contributed by atoms with Crippen molar-refractivity contribution >= 4 is 16.9 Å². The highest BCUT2D eigenvalue weighted by molar-refractivity contribution is 5.86. The number of aromatic nitrogens is 1. The topological polar surface area (TPSA) is 67.2 Å². The third-order valence-electron chi connectivity index (χ3n) is 5.23. The Morgan fingerprint density at radius 1 is 1.28 bits per heavy atom. The molecule has 1 aromatic carbocycles. The molecule has 2 N–H and O–H groups in total. The Hall–Kier alpha value is -2.09. The molecule has 134 valence electrons. The zero-order valence-corrected chi connectivity index (χ0v) is 13.8. The minimum absolute atomic E-state index is 0.0237. The van der Waals surface area contributed by atoms with Crippen LogP contribution in [-0.4, -0.2) is 24.2 Å². The van der Waals surface area contributed by atoms with Gasteiger partial charge in [-0.15, -0.1) is 0 Å². The molecule has 1 aliphatic carbocycles. The van der Waals surface area contributed by atoms with Gasteiger partial charge in [0.25, 0.3) is 0 Å². The van der Waals surface area contributed by atoms with Crippen molar-refractivity contribution in [2.75, 3.05) is 13.1 Å². The number of amides is 1. The molecule has 25 heavy (non-hydrogen) atoms. The van der Waals surface area contributed by atoms with E-state index in [1.807, 2.05) is 0 Å². The fourth-order valence-corrected chi connectivity index (χ4v) is 3.89. The van der Waals surface area contributed by atoms with Gasteiger partial charge in [-0.1, -0.05) is 11.2 Å². The van der Waals surface area contributed by atoms with Gasteiger partial charge in [0.05, 0.1) is 5.54 Å². The number of carbonyl (C=O) groups is 1. The van der Waals surface area contributed by atoms with E-state index in [0.29, 0.717) is 17.5 Å². The molecule has 0 radical (unpaired) electrons. The average molecular weight is 353 g/mol. The molecule has 2 unspecified atom stereocenters. The summed E-state index contributed by atoms with van der Waals surface area (Å²) in [7, 11) is 0. The van der Waals surface area contributed by atoms with Crippen LogP contribution in [0.1, 0.15) is 25.1 Å². The van der Waals surface area contributed by atoms with Crippen molar-refractivity contribution in [3.05, 3.63) is 29.5 Å². The number of nitrogens with one attached hydrogen (secondary N) is 2. The lowest BCUT2D eigenvalue weighted by Crippen LogP contribution is -2.43. The Balaban J connectivity index is 1.63. The second-order valence-electron chi connectivity index (χ2n) is 7.34. The fourth-order valence-electron chi connectivity index (χ4n) is 3.89. The van der Waals surface area contributed by atoms with Gasteiger partial charge in [-0.2, -0.15) is 13.2 Å². The summed E-state index contributed by atoms with van der Waals surface area (Å²) in [4.78, 5) is 12.5. The normalized spacial score (nSPS) is 25.9. The van der Waals surface area contributed by atoms with Gasteiger partial charge in [0.1, 0.15) is 11.3 Å². The van der Waals surface area contributed by atoms with E-state index < -0.39 is 17.3 Å². The van der Waals surface area contributed by atoms with Gasteiger partial charge in [-0.3, -0.25) is 4.79 Å². The molecule has 1 amide bonds. The molecule has 8 heteroatoms. The first-order valence-corrected chi connectivity index (χ1v) is 8.19. The van der Waals surface area contributed by atoms with Crippen molar-refractivity contribution in [3.8, 4) is 0 Å². The number of piperidine rings is 1. The number of para-hydroxylation sites is 1. The first-order valence-electron chi connectivity index (χ1n) is 8.19. The van der Waals surface area contributed by atoms with Crippen LogP contribution in [0.3, 0.4) is 0 Å². The zero-order valence-electron chi connectivity index (χ0n) is 13.8. The van der Waals surface area contributed by atoms with Gasteiger partial charge in [-0.05, 0) is 50.9 Å². The van der Waals surface area contributed by atoms with E-state index >= 15 is 0 Å². The first-order chi connectivity index (χ1) is 11.7. The highest BCUT2D eigenvalue weighted by Crippen LogP contribution is 2.49. The zero-order chi connectivity index (χ0) is 18.0. The fraction of sp³-hybridized carbons (Fsp3) is 0.529. The molecule has 1 saturated carbocycles. The lowest BCUT2D eigenvalue weighted by Gasteiger charge is -2.24. The number of nitrogens with zero attached hydrogens (tertiary/aromatic N) is 1. The van der Waals surface area contributed by atoms with Gasteiger partial charge in [-0.25, -0.2) is 0 Å². The summed E-state index contributed by atoms with van der Waals surface area (Å²) in [5.41, 5.74) is -1.81. The number of hydrogen-bond acceptors (Lipinski definition) is 4. The van der Waals surface area contributed by atoms with Crippen LogP contribution in [0.2, 0.25) is 0 Å². The number of fused-ring (bicyclic) bond motifs is 2. The minimum Gasteiger partial charge on any atom is -0.355 e. The van der Waals surface area contributed by atoms with Gasteiger partial charge in [0.2, 0.25) is 5.91 Å². The van der Waals surface area contributed by atoms with Crippen molar-refractivity contribution in [1.82, 2.24) is 15.8 Å². The van der Waals surface area contributed by atoms with Crippen molar-refractivity contribution in [1.29, 1.82) is 0 Å². The van der Waals surface area contributed by atoms with Gasteiger partial charge in [0, 0.05) is 11.3 Å². The van der Waals surface area contributed by atoms with E-state index in [0.717, 1.165) is 19.2 Å². The third kappa shape index (κ3) is 2.59. The lowest BCUT2D eigenvalue weighted by molar-refractivity contribution is -0.137.